The number of hydrogen-bond donors (Lipinski definition) is 1. The predicted octanol–water partition coefficient (Wildman–Crippen LogP) is 4.29. The van der Waals surface area contributed by atoms with Gasteiger partial charge in [-0.15, -0.1) is 0 Å². The molecule has 1 aliphatic carbocycles. The molecule has 2 aliphatic rings. The van der Waals surface area contributed by atoms with Crippen molar-refractivity contribution in [3.8, 4) is 0 Å². The lowest BCUT2D eigenvalue weighted by Gasteiger charge is -2.47. The zero-order chi connectivity index (χ0) is 26.2. The smallest absolute Gasteiger partial charge is 0.407 e. The van der Waals surface area contributed by atoms with E-state index in [0.717, 1.165) is 5.56 Å². The Kier molecular flexibility index (Phi) is 8.10. The van der Waals surface area contributed by atoms with E-state index in [4.69, 9.17) is 22.3 Å². The third kappa shape index (κ3) is 7.27. The molecule has 1 aromatic rings. The van der Waals surface area contributed by atoms with E-state index in [0.29, 0.717) is 0 Å². The van der Waals surface area contributed by atoms with Gasteiger partial charge in [0.25, 0.3) is 0 Å². The molecule has 1 heterocycles. The quantitative estimate of drug-likeness (QED) is 0.544. The highest BCUT2D eigenvalue weighted by Crippen LogP contribution is 2.43. The van der Waals surface area contributed by atoms with Crippen molar-refractivity contribution in [1.82, 2.24) is 5.32 Å². The Morgan fingerprint density at radius 3 is 2.26 bits per heavy atom. The molecule has 11 heteroatoms. The van der Waals surface area contributed by atoms with Crippen LogP contribution in [0.2, 0.25) is 18.1 Å². The summed E-state index contributed by atoms with van der Waals surface area (Å²) >= 11 is 0. The molecule has 0 aromatic heterocycles. The monoisotopic (exact) mass is 529 g/mol. The van der Waals surface area contributed by atoms with Gasteiger partial charge in [-0.2, -0.15) is 8.42 Å². The number of amides is 1. The molecule has 0 radical (unpaired) electrons. The van der Waals surface area contributed by atoms with E-state index in [-0.39, 0.29) is 18.1 Å². The maximum atomic E-state index is 12.7. The van der Waals surface area contributed by atoms with Crippen molar-refractivity contribution < 1.29 is 35.5 Å². The molecule has 3 rings (SSSR count). The lowest BCUT2D eigenvalue weighted by molar-refractivity contribution is -0.128. The summed E-state index contributed by atoms with van der Waals surface area (Å²) in [6.45, 7) is 16.0. The van der Waals surface area contributed by atoms with Crippen LogP contribution in [0.1, 0.15) is 53.5 Å². The van der Waals surface area contributed by atoms with E-state index in [1.807, 2.05) is 30.3 Å². The Balaban J connectivity index is 1.96. The summed E-state index contributed by atoms with van der Waals surface area (Å²) in [5.41, 5.74) is 0.239. The molecule has 1 aromatic carbocycles. The molecular formula is C24H39NO8SSi. The maximum Gasteiger partial charge on any atom is 0.407 e. The summed E-state index contributed by atoms with van der Waals surface area (Å²) in [6, 6.07) is 8.99. The summed E-state index contributed by atoms with van der Waals surface area (Å²) in [4.78, 5) is 12.7. The number of carbonyl (C=O) groups is 1. The largest absolute Gasteiger partial charge is 0.444 e. The minimum Gasteiger partial charge on any atom is -0.444 e. The number of ether oxygens (including phenoxy) is 2. The predicted molar refractivity (Wildman–Crippen MR) is 134 cm³/mol. The molecule has 1 amide bonds. The van der Waals surface area contributed by atoms with Crippen molar-refractivity contribution in [3.05, 3.63) is 35.9 Å². The summed E-state index contributed by atoms with van der Waals surface area (Å²) in [5, 5.41) is 2.72. The SMILES string of the molecule is CC(C)(C)OC(=O)N[C@@H]1C[C@H]2OS(=O)(=O)O[C@H]2[C@H](O[Si](C)(C)C(C)(C)C)[C@H]1OCc1ccccc1. The first kappa shape index (κ1) is 28.1. The zero-order valence-electron chi connectivity index (χ0n) is 21.9. The first-order chi connectivity index (χ1) is 16.0. The number of benzene rings is 1. The standard InChI is InChI=1S/C24H39NO8SSi/c1-23(2,3)30-22(26)25-17-14-18-20(32-34(27,28)31-18)21(33-35(7,8)24(4,5)6)19(17)29-15-16-12-10-9-11-13-16/h9-13,17-21H,14-15H2,1-8H3,(H,25,26)/t17-,18-,19+,20-,21-/m1/s1. The van der Waals surface area contributed by atoms with Crippen LogP contribution < -0.4 is 5.32 Å². The summed E-state index contributed by atoms with van der Waals surface area (Å²) in [5.74, 6) is 0. The lowest BCUT2D eigenvalue weighted by Crippen LogP contribution is -2.64. The summed E-state index contributed by atoms with van der Waals surface area (Å²) in [6.07, 6.45) is -3.63. The topological polar surface area (TPSA) is 109 Å². The van der Waals surface area contributed by atoms with Gasteiger partial charge >= 0.3 is 16.5 Å². The molecule has 9 nitrogen and oxygen atoms in total. The van der Waals surface area contributed by atoms with Crippen molar-refractivity contribution >= 4 is 24.8 Å². The zero-order valence-corrected chi connectivity index (χ0v) is 23.7. The molecule has 1 aliphatic heterocycles. The third-order valence-corrected chi connectivity index (χ3v) is 12.0. The van der Waals surface area contributed by atoms with Gasteiger partial charge in [-0.3, -0.25) is 0 Å². The number of carbonyl (C=O) groups excluding carboxylic acids is 1. The van der Waals surface area contributed by atoms with Crippen molar-refractivity contribution in [3.63, 3.8) is 0 Å². The van der Waals surface area contributed by atoms with E-state index in [2.05, 4.69) is 39.2 Å². The van der Waals surface area contributed by atoms with Crippen molar-refractivity contribution in [1.29, 1.82) is 0 Å². The Labute approximate surface area is 210 Å². The Morgan fingerprint density at radius 2 is 1.69 bits per heavy atom. The first-order valence-corrected chi connectivity index (χ1v) is 16.2. The van der Waals surface area contributed by atoms with Crippen LogP contribution in [-0.4, -0.2) is 58.9 Å². The van der Waals surface area contributed by atoms with E-state index < -0.39 is 60.9 Å². The fourth-order valence-electron chi connectivity index (χ4n) is 3.90. The highest BCUT2D eigenvalue weighted by molar-refractivity contribution is 7.82. The van der Waals surface area contributed by atoms with Crippen LogP contribution in [0.3, 0.4) is 0 Å². The van der Waals surface area contributed by atoms with Crippen molar-refractivity contribution in [2.45, 2.75) is 109 Å². The van der Waals surface area contributed by atoms with Gasteiger partial charge < -0.3 is 19.2 Å². The average Bonchev–Trinajstić information content (AvgIpc) is 2.99. The summed E-state index contributed by atoms with van der Waals surface area (Å²) in [7, 11) is -6.60. The molecule has 0 bridgehead atoms. The Hall–Kier alpha value is -1.50. The number of hydrogen-bond acceptors (Lipinski definition) is 8. The molecular weight excluding hydrogens is 490 g/mol. The van der Waals surface area contributed by atoms with Gasteiger partial charge in [0.2, 0.25) is 0 Å². The van der Waals surface area contributed by atoms with Crippen LogP contribution in [0.4, 0.5) is 4.79 Å². The van der Waals surface area contributed by atoms with Gasteiger partial charge in [0.05, 0.1) is 12.6 Å². The van der Waals surface area contributed by atoms with E-state index in [9.17, 15) is 13.2 Å². The molecule has 0 unspecified atom stereocenters. The molecule has 35 heavy (non-hydrogen) atoms. The number of rotatable bonds is 6. The van der Waals surface area contributed by atoms with E-state index in [1.165, 1.54) is 0 Å². The molecule has 1 saturated carbocycles. The molecule has 1 saturated heterocycles. The van der Waals surface area contributed by atoms with Gasteiger partial charge in [0.15, 0.2) is 8.32 Å². The van der Waals surface area contributed by atoms with Crippen LogP contribution in [-0.2, 0) is 39.3 Å². The fourth-order valence-corrected chi connectivity index (χ4v) is 6.24. The van der Waals surface area contributed by atoms with Crippen LogP contribution in [0, 0.1) is 0 Å². The molecule has 198 valence electrons. The van der Waals surface area contributed by atoms with Crippen molar-refractivity contribution in [2.24, 2.45) is 0 Å². The second-order valence-corrected chi connectivity index (χ2v) is 17.7. The minimum atomic E-state index is -4.19. The highest BCUT2D eigenvalue weighted by atomic mass is 32.3. The second kappa shape index (κ2) is 10.1. The van der Waals surface area contributed by atoms with Gasteiger partial charge in [0, 0.05) is 6.42 Å². The Bertz CT molecular complexity index is 987. The highest BCUT2D eigenvalue weighted by Gasteiger charge is 2.57. The lowest BCUT2D eigenvalue weighted by atomic mass is 9.85. The normalized spacial score (nSPS) is 28.9. The first-order valence-electron chi connectivity index (χ1n) is 11.9. The number of alkyl carbamates (subject to hydrolysis) is 1. The fraction of sp³-hybridized carbons (Fsp3) is 0.708. The third-order valence-electron chi connectivity index (χ3n) is 6.59. The van der Waals surface area contributed by atoms with Crippen LogP contribution in [0.25, 0.3) is 0 Å². The molecule has 5 atom stereocenters. The molecule has 2 fully saturated rings. The van der Waals surface area contributed by atoms with Crippen LogP contribution in [0.5, 0.6) is 0 Å². The van der Waals surface area contributed by atoms with Gasteiger partial charge in [-0.05, 0) is 44.5 Å². The number of nitrogens with one attached hydrogen (secondary N) is 1. The van der Waals surface area contributed by atoms with Gasteiger partial charge in [0.1, 0.15) is 30.0 Å². The van der Waals surface area contributed by atoms with E-state index >= 15 is 0 Å². The molecule has 1 N–H and O–H groups in total. The summed E-state index contributed by atoms with van der Waals surface area (Å²) < 4.78 is 53.7. The van der Waals surface area contributed by atoms with Crippen LogP contribution >= 0.6 is 0 Å². The van der Waals surface area contributed by atoms with Crippen molar-refractivity contribution in [2.75, 3.05) is 0 Å². The van der Waals surface area contributed by atoms with Gasteiger partial charge in [-0.1, -0.05) is 51.1 Å². The van der Waals surface area contributed by atoms with Gasteiger partial charge in [-0.25, -0.2) is 13.2 Å². The number of fused-ring (bicyclic) bond motifs is 1. The maximum absolute atomic E-state index is 12.7. The van der Waals surface area contributed by atoms with E-state index in [1.54, 1.807) is 20.8 Å². The van der Waals surface area contributed by atoms with Crippen LogP contribution in [0.15, 0.2) is 30.3 Å². The molecule has 0 spiro atoms. The minimum absolute atomic E-state index is 0.156. The average molecular weight is 530 g/mol. The Morgan fingerprint density at radius 1 is 1.06 bits per heavy atom. The second-order valence-electron chi connectivity index (χ2n) is 11.7.